The zero-order valence-corrected chi connectivity index (χ0v) is 22.4. The Morgan fingerprint density at radius 1 is 1.07 bits per heavy atom. The maximum Gasteiger partial charge on any atom is 0.251 e. The lowest BCUT2D eigenvalue weighted by Crippen LogP contribution is -2.51. The van der Waals surface area contributed by atoms with Gasteiger partial charge in [-0.15, -0.1) is 11.3 Å². The average Bonchev–Trinajstić information content (AvgIpc) is 3.58. The van der Waals surface area contributed by atoms with E-state index in [4.69, 9.17) is 10.5 Å². The molecule has 1 aliphatic rings. The van der Waals surface area contributed by atoms with Crippen LogP contribution in [0.5, 0.6) is 11.5 Å². The van der Waals surface area contributed by atoms with Crippen LogP contribution in [0, 0.1) is 10.1 Å². The van der Waals surface area contributed by atoms with Gasteiger partial charge in [-0.1, -0.05) is 18.2 Å². The number of amidine groups is 1. The van der Waals surface area contributed by atoms with Gasteiger partial charge in [-0.25, -0.2) is 10.1 Å². The van der Waals surface area contributed by atoms with Crippen LogP contribution in [0.2, 0.25) is 0 Å². The zero-order chi connectivity index (χ0) is 28.6. The predicted molar refractivity (Wildman–Crippen MR) is 149 cm³/mol. The number of nitrogens with one attached hydrogen (secondary N) is 2. The number of amides is 3. The molecule has 208 valence electrons. The van der Waals surface area contributed by atoms with E-state index in [0.29, 0.717) is 35.5 Å². The normalized spacial score (nSPS) is 16.8. The molecular formula is C27H28N6O6S. The molecule has 2 heterocycles. The summed E-state index contributed by atoms with van der Waals surface area (Å²) in [6.45, 7) is 1.78. The second-order valence-corrected chi connectivity index (χ2v) is 10.1. The van der Waals surface area contributed by atoms with Crippen LogP contribution in [0.4, 0.5) is 0 Å². The summed E-state index contributed by atoms with van der Waals surface area (Å²) in [5.74, 6) is -0.0645. The fraction of sp³-hybridized carbons (Fsp3) is 0.259. The van der Waals surface area contributed by atoms with Crippen LogP contribution < -0.4 is 21.1 Å². The van der Waals surface area contributed by atoms with E-state index in [1.807, 2.05) is 37.3 Å². The predicted octanol–water partition coefficient (Wildman–Crippen LogP) is 2.86. The van der Waals surface area contributed by atoms with Crippen molar-refractivity contribution < 1.29 is 24.2 Å². The molecule has 0 spiro atoms. The number of nitro groups is 1. The molecule has 0 saturated carbocycles. The van der Waals surface area contributed by atoms with Crippen LogP contribution in [0.25, 0.3) is 0 Å². The van der Waals surface area contributed by atoms with E-state index >= 15 is 0 Å². The molecular weight excluding hydrogens is 536 g/mol. The molecule has 1 aromatic heterocycles. The Balaban J connectivity index is 1.29. The molecule has 1 saturated heterocycles. The Morgan fingerprint density at radius 3 is 2.48 bits per heavy atom. The standard InChI is InChI=1S/C27H28N6O6S/c1-17-7-12-23(27(36)29-14-22-13-19(16-40-22)25(28)31-33(37)38)32(17)24(34)15-30-26(35)18-8-10-21(11-9-18)39-20-5-3-2-4-6-20/h2-6,8-11,13,16-17,23H,7,12,14-15H2,1H3,(H2,28,31)(H,29,36)(H,30,35). The summed E-state index contributed by atoms with van der Waals surface area (Å²) in [5, 5.41) is 19.8. The average molecular weight is 565 g/mol. The molecule has 1 aliphatic heterocycles. The van der Waals surface area contributed by atoms with E-state index in [1.165, 1.54) is 16.2 Å². The lowest BCUT2D eigenvalue weighted by Gasteiger charge is -2.28. The molecule has 0 bridgehead atoms. The molecule has 2 atom stereocenters. The van der Waals surface area contributed by atoms with E-state index in [0.717, 1.165) is 4.88 Å². The molecule has 1 fully saturated rings. The maximum absolute atomic E-state index is 13.0. The Bertz CT molecular complexity index is 1410. The maximum atomic E-state index is 13.0. The summed E-state index contributed by atoms with van der Waals surface area (Å²) in [5.41, 5.74) is 6.37. The summed E-state index contributed by atoms with van der Waals surface area (Å²) < 4.78 is 5.73. The topological polar surface area (TPSA) is 169 Å². The number of ether oxygens (including phenoxy) is 1. The molecule has 40 heavy (non-hydrogen) atoms. The van der Waals surface area contributed by atoms with Gasteiger partial charge in [0.15, 0.2) is 5.03 Å². The molecule has 13 heteroatoms. The summed E-state index contributed by atoms with van der Waals surface area (Å²) in [7, 11) is 0. The molecule has 3 amide bonds. The number of hydrogen-bond donors (Lipinski definition) is 3. The van der Waals surface area contributed by atoms with Crippen LogP contribution in [-0.4, -0.2) is 52.1 Å². The Hall–Kier alpha value is -4.78. The van der Waals surface area contributed by atoms with Crippen molar-refractivity contribution in [3.05, 3.63) is 92.2 Å². The van der Waals surface area contributed by atoms with Gasteiger partial charge in [0.05, 0.1) is 18.2 Å². The molecule has 12 nitrogen and oxygen atoms in total. The highest BCUT2D eigenvalue weighted by atomic mass is 32.1. The van der Waals surface area contributed by atoms with Crippen molar-refractivity contribution in [3.8, 4) is 11.5 Å². The number of carbonyl (C=O) groups is 3. The van der Waals surface area contributed by atoms with Gasteiger partial charge in [-0.2, -0.15) is 0 Å². The second kappa shape index (κ2) is 12.8. The minimum Gasteiger partial charge on any atom is -0.457 e. The first-order chi connectivity index (χ1) is 19.2. The van der Waals surface area contributed by atoms with Gasteiger partial charge >= 0.3 is 0 Å². The van der Waals surface area contributed by atoms with Gasteiger partial charge in [-0.05, 0) is 62.2 Å². The number of carbonyl (C=O) groups excluding carboxylic acids is 3. The van der Waals surface area contributed by atoms with E-state index in [9.17, 15) is 24.5 Å². The highest BCUT2D eigenvalue weighted by Crippen LogP contribution is 2.25. The zero-order valence-electron chi connectivity index (χ0n) is 21.6. The van der Waals surface area contributed by atoms with Crippen molar-refractivity contribution in [2.75, 3.05) is 6.54 Å². The first-order valence-corrected chi connectivity index (χ1v) is 13.4. The van der Waals surface area contributed by atoms with Gasteiger partial charge in [0.25, 0.3) is 5.91 Å². The van der Waals surface area contributed by atoms with Crippen molar-refractivity contribution in [1.29, 1.82) is 0 Å². The van der Waals surface area contributed by atoms with Crippen LogP contribution in [0.15, 0.2) is 71.1 Å². The number of nitrogens with zero attached hydrogens (tertiary/aromatic N) is 3. The molecule has 2 unspecified atom stereocenters. The molecule has 4 N–H and O–H groups in total. The lowest BCUT2D eigenvalue weighted by atomic mass is 10.2. The quantitative estimate of drug-likeness (QED) is 0.147. The Labute approximate surface area is 234 Å². The SMILES string of the molecule is CC1CCC(C(=O)NCc2cc(/C(N)=N/[N+](=O)[O-])cs2)N1C(=O)CNC(=O)c1ccc(Oc2ccccc2)cc1. The number of thiophene rings is 1. The van der Waals surface area contributed by atoms with Crippen LogP contribution in [-0.2, 0) is 16.1 Å². The van der Waals surface area contributed by atoms with Gasteiger partial charge in [0, 0.05) is 27.4 Å². The number of benzene rings is 2. The number of para-hydroxylation sites is 1. The van der Waals surface area contributed by atoms with E-state index < -0.39 is 17.0 Å². The van der Waals surface area contributed by atoms with Crippen LogP contribution in [0.3, 0.4) is 0 Å². The third kappa shape index (κ3) is 7.20. The largest absolute Gasteiger partial charge is 0.457 e. The summed E-state index contributed by atoms with van der Waals surface area (Å²) in [6.07, 6.45) is 1.14. The number of nitrogens with two attached hydrogens (primary N) is 1. The van der Waals surface area contributed by atoms with Crippen molar-refractivity contribution in [3.63, 3.8) is 0 Å². The highest BCUT2D eigenvalue weighted by molar-refractivity contribution is 7.10. The van der Waals surface area contributed by atoms with Crippen molar-refractivity contribution in [1.82, 2.24) is 15.5 Å². The van der Waals surface area contributed by atoms with Crippen molar-refractivity contribution in [2.24, 2.45) is 10.8 Å². The van der Waals surface area contributed by atoms with Gasteiger partial charge < -0.3 is 26.0 Å². The number of likely N-dealkylation sites (tertiary alicyclic amines) is 1. The number of rotatable bonds is 10. The fourth-order valence-electron chi connectivity index (χ4n) is 4.36. The van der Waals surface area contributed by atoms with Crippen molar-refractivity contribution in [2.45, 2.75) is 38.4 Å². The van der Waals surface area contributed by atoms with Gasteiger partial charge in [0.1, 0.15) is 17.5 Å². The molecule has 4 rings (SSSR count). The van der Waals surface area contributed by atoms with E-state index in [1.54, 1.807) is 35.7 Å². The minimum atomic E-state index is -0.874. The lowest BCUT2D eigenvalue weighted by molar-refractivity contribution is -0.485. The smallest absolute Gasteiger partial charge is 0.251 e. The van der Waals surface area contributed by atoms with E-state index in [-0.39, 0.29) is 36.8 Å². The van der Waals surface area contributed by atoms with Crippen molar-refractivity contribution >= 4 is 34.9 Å². The van der Waals surface area contributed by atoms with E-state index in [2.05, 4.69) is 15.7 Å². The second-order valence-electron chi connectivity index (χ2n) is 9.11. The molecule has 3 aromatic rings. The Morgan fingerprint density at radius 2 is 1.77 bits per heavy atom. The first kappa shape index (κ1) is 28.2. The summed E-state index contributed by atoms with van der Waals surface area (Å²) in [6, 6.07) is 16.6. The fourth-order valence-corrected chi connectivity index (χ4v) is 5.17. The monoisotopic (exact) mass is 564 g/mol. The minimum absolute atomic E-state index is 0.166. The number of hydrazone groups is 1. The van der Waals surface area contributed by atoms with Crippen LogP contribution in [0.1, 0.15) is 40.6 Å². The van der Waals surface area contributed by atoms with Gasteiger partial charge in [0.2, 0.25) is 17.6 Å². The molecule has 2 aromatic carbocycles. The summed E-state index contributed by atoms with van der Waals surface area (Å²) in [4.78, 5) is 51.4. The Kier molecular flexibility index (Phi) is 9.07. The molecule has 0 radical (unpaired) electrons. The van der Waals surface area contributed by atoms with Gasteiger partial charge in [-0.3, -0.25) is 14.4 Å². The van der Waals surface area contributed by atoms with Crippen LogP contribution >= 0.6 is 11.3 Å². The third-order valence-electron chi connectivity index (χ3n) is 6.33. The first-order valence-electron chi connectivity index (χ1n) is 12.5. The third-order valence-corrected chi connectivity index (χ3v) is 7.27. The molecule has 0 aliphatic carbocycles. The summed E-state index contributed by atoms with van der Waals surface area (Å²) >= 11 is 1.27. The number of hydrogen-bond acceptors (Lipinski definition) is 7. The highest BCUT2D eigenvalue weighted by Gasteiger charge is 2.38.